The number of hydrogen-bond donors (Lipinski definition) is 2. The Labute approximate surface area is 103 Å². The third kappa shape index (κ3) is 13.9. The molecule has 0 aromatic heterocycles. The largest absolute Gasteiger partial charge is 1.00 e. The molecular weight excluding hydrogens is 186 g/mol. The van der Waals surface area contributed by atoms with Crippen molar-refractivity contribution in [2.75, 3.05) is 13.2 Å². The molecular formula is C6H16AlNaO4. The molecule has 68 valence electrons. The quantitative estimate of drug-likeness (QED) is 0.342. The van der Waals surface area contributed by atoms with Crippen LogP contribution in [0.15, 0.2) is 0 Å². The molecule has 4 nitrogen and oxygen atoms in total. The first-order valence-electron chi connectivity index (χ1n) is 3.64. The third-order valence-corrected chi connectivity index (χ3v) is 1.69. The maximum Gasteiger partial charge on any atom is 1.00 e. The second kappa shape index (κ2) is 10.5. The van der Waals surface area contributed by atoms with Crippen LogP contribution in [0.1, 0.15) is 15.3 Å². The van der Waals surface area contributed by atoms with Crippen LogP contribution in [-0.4, -0.2) is 51.5 Å². The summed E-state index contributed by atoms with van der Waals surface area (Å²) in [6.45, 7) is 3.96. The van der Waals surface area contributed by atoms with Crippen LogP contribution >= 0.6 is 0 Å². The first-order valence-corrected chi connectivity index (χ1v) is 4.80. The molecule has 0 aromatic carbocycles. The Bertz CT molecular complexity index is 86.7. The molecule has 0 saturated carbocycles. The van der Waals surface area contributed by atoms with E-state index in [1.807, 2.05) is 0 Å². The van der Waals surface area contributed by atoms with Gasteiger partial charge in [-0.1, -0.05) is 0 Å². The summed E-state index contributed by atoms with van der Waals surface area (Å²) in [6, 6.07) is 0. The average Bonchev–Trinajstić information content (AvgIpc) is 1.85. The minimum Gasteiger partial charge on any atom is -1.00 e. The fraction of sp³-hybridized carbons (Fsp3) is 1.00. The Hall–Kier alpha value is 1.37. The number of aliphatic hydroxyl groups excluding tert-OH is 2. The van der Waals surface area contributed by atoms with Gasteiger partial charge in [0.2, 0.25) is 0 Å². The van der Waals surface area contributed by atoms with E-state index in [1.54, 1.807) is 13.8 Å². The van der Waals surface area contributed by atoms with Gasteiger partial charge in [0.1, 0.15) is 0 Å². The molecule has 0 amide bonds. The van der Waals surface area contributed by atoms with Crippen LogP contribution in [0.5, 0.6) is 0 Å². The van der Waals surface area contributed by atoms with E-state index in [9.17, 15) is 0 Å². The van der Waals surface area contributed by atoms with E-state index in [0.717, 1.165) is 0 Å². The summed E-state index contributed by atoms with van der Waals surface area (Å²) in [5.41, 5.74) is 0. The zero-order chi connectivity index (χ0) is 8.69. The van der Waals surface area contributed by atoms with Crippen LogP contribution in [0.3, 0.4) is 0 Å². The molecule has 2 atom stereocenters. The molecule has 0 aliphatic carbocycles. The van der Waals surface area contributed by atoms with Crippen molar-refractivity contribution in [3.63, 3.8) is 0 Å². The predicted molar refractivity (Wildman–Crippen MR) is 43.5 cm³/mol. The number of aliphatic hydroxyl groups is 2. The molecule has 2 unspecified atom stereocenters. The smallest absolute Gasteiger partial charge is 1.00 e. The molecule has 12 heavy (non-hydrogen) atoms. The van der Waals surface area contributed by atoms with Gasteiger partial charge in [0, 0.05) is 13.2 Å². The van der Waals surface area contributed by atoms with Crippen LogP contribution in [0.2, 0.25) is 0 Å². The molecule has 0 bridgehead atoms. The van der Waals surface area contributed by atoms with Crippen molar-refractivity contribution in [3.05, 3.63) is 0 Å². The van der Waals surface area contributed by atoms with E-state index in [2.05, 4.69) is 0 Å². The van der Waals surface area contributed by atoms with E-state index < -0.39 is 28.1 Å². The zero-order valence-electron chi connectivity index (χ0n) is 8.99. The fourth-order valence-corrected chi connectivity index (χ4v) is 1.49. The Morgan fingerprint density at radius 1 is 1.17 bits per heavy atom. The van der Waals surface area contributed by atoms with Gasteiger partial charge in [-0.3, -0.25) is 0 Å². The molecule has 0 radical (unpaired) electrons. The molecule has 0 rings (SSSR count). The van der Waals surface area contributed by atoms with Gasteiger partial charge in [-0.2, -0.15) is 0 Å². The topological polar surface area (TPSA) is 58.9 Å². The molecule has 6 heteroatoms. The second-order valence-electron chi connectivity index (χ2n) is 2.56. The van der Waals surface area contributed by atoms with Gasteiger partial charge in [-0.25, -0.2) is 0 Å². The van der Waals surface area contributed by atoms with Gasteiger partial charge in [0.15, 0.2) is 0 Å². The van der Waals surface area contributed by atoms with E-state index in [4.69, 9.17) is 17.8 Å². The summed E-state index contributed by atoms with van der Waals surface area (Å²) in [4.78, 5) is 0. The molecule has 0 saturated heterocycles. The Kier molecular flexibility index (Phi) is 13.8. The van der Waals surface area contributed by atoms with Gasteiger partial charge < -0.3 is 19.2 Å². The summed E-state index contributed by atoms with van der Waals surface area (Å²) >= 11 is -0.994. The standard InChI is InChI=1S/2C3H7O2.Al.Na.2H/c2*1-3(5)2-4;;;;/h2*3,5H,2H2,1H3;;;;/q2*-1;+2;+1;;-1. The molecule has 2 N–H and O–H groups in total. The van der Waals surface area contributed by atoms with Crippen LogP contribution in [0.4, 0.5) is 0 Å². The first-order chi connectivity index (χ1) is 5.13. The van der Waals surface area contributed by atoms with Crippen molar-refractivity contribution in [2.45, 2.75) is 26.1 Å². The monoisotopic (exact) mass is 202 g/mol. The van der Waals surface area contributed by atoms with Crippen molar-refractivity contribution in [2.24, 2.45) is 0 Å². The van der Waals surface area contributed by atoms with Crippen LogP contribution < -0.4 is 29.6 Å². The number of rotatable bonds is 6. The second-order valence-corrected chi connectivity index (χ2v) is 3.61. The average molecular weight is 202 g/mol. The molecule has 0 aliphatic heterocycles. The van der Waals surface area contributed by atoms with E-state index in [0.29, 0.717) is 13.2 Å². The van der Waals surface area contributed by atoms with Gasteiger partial charge in [-0.15, -0.1) is 0 Å². The fourth-order valence-electron chi connectivity index (χ4n) is 0.496. The van der Waals surface area contributed by atoms with Crippen molar-refractivity contribution < 1.29 is 48.8 Å². The summed E-state index contributed by atoms with van der Waals surface area (Å²) in [5.74, 6) is 0. The predicted octanol–water partition coefficient (Wildman–Crippen LogP) is -3.84. The van der Waals surface area contributed by atoms with E-state index in [-0.39, 0.29) is 31.0 Å². The third-order valence-electron chi connectivity index (χ3n) is 0.885. The van der Waals surface area contributed by atoms with E-state index >= 15 is 0 Å². The van der Waals surface area contributed by atoms with Crippen molar-refractivity contribution >= 4 is 15.9 Å². The van der Waals surface area contributed by atoms with Gasteiger partial charge in [0.25, 0.3) is 0 Å². The van der Waals surface area contributed by atoms with Gasteiger partial charge in [-0.05, 0) is 13.8 Å². The van der Waals surface area contributed by atoms with Crippen molar-refractivity contribution in [1.29, 1.82) is 0 Å². The molecule has 0 aromatic rings. The Morgan fingerprint density at radius 3 is 1.75 bits per heavy atom. The van der Waals surface area contributed by atoms with Crippen LogP contribution in [0.25, 0.3) is 0 Å². The summed E-state index contributed by atoms with van der Waals surface area (Å²) in [7, 11) is 0. The van der Waals surface area contributed by atoms with Gasteiger partial charge in [0.05, 0.1) is 12.2 Å². The van der Waals surface area contributed by atoms with Crippen molar-refractivity contribution in [3.8, 4) is 0 Å². The molecule has 0 fully saturated rings. The minimum atomic E-state index is -0.994. The van der Waals surface area contributed by atoms with Crippen LogP contribution in [-0.2, 0) is 7.58 Å². The van der Waals surface area contributed by atoms with E-state index in [1.165, 1.54) is 0 Å². The van der Waals surface area contributed by atoms with Gasteiger partial charge >= 0.3 is 45.4 Å². The summed E-state index contributed by atoms with van der Waals surface area (Å²) < 4.78 is 10.0. The van der Waals surface area contributed by atoms with Crippen LogP contribution in [0, 0.1) is 0 Å². The number of hydrogen-bond acceptors (Lipinski definition) is 4. The van der Waals surface area contributed by atoms with Crippen molar-refractivity contribution in [1.82, 2.24) is 0 Å². The summed E-state index contributed by atoms with van der Waals surface area (Å²) in [5, 5.41) is 17.5. The zero-order valence-corrected chi connectivity index (χ0v) is 11.4. The molecule has 0 aliphatic rings. The minimum absolute atomic E-state index is 0. The SMILES string of the molecule is CC(O)C[O][AlH][O]CC(C)O.[H-].[Na+]. The normalized spacial score (nSPS) is 14.7. The molecule has 0 spiro atoms. The summed E-state index contributed by atoms with van der Waals surface area (Å²) in [6.07, 6.45) is -0.865. The maximum absolute atomic E-state index is 8.75. The Morgan fingerprint density at radius 2 is 1.50 bits per heavy atom. The maximum atomic E-state index is 8.75. The molecule has 0 heterocycles. The first kappa shape index (κ1) is 15.8. The Balaban J connectivity index is -0.000000500.